The monoisotopic (exact) mass is 643 g/mol. The molecule has 14 nitrogen and oxygen atoms in total. The van der Waals surface area contributed by atoms with Crippen LogP contribution in [-0.2, 0) is 35.2 Å². The molecule has 14 heteroatoms. The molecule has 2 aliphatic heterocycles. The van der Waals surface area contributed by atoms with Gasteiger partial charge in [0.2, 0.25) is 35.4 Å². The third-order valence-corrected chi connectivity index (χ3v) is 8.16. The molecule has 46 heavy (non-hydrogen) atoms. The molecular weight excluding hydrogens is 594 g/mol. The average Bonchev–Trinajstić information content (AvgIpc) is 3.31. The highest BCUT2D eigenvalue weighted by Gasteiger charge is 2.31. The van der Waals surface area contributed by atoms with Crippen LogP contribution in [0, 0.1) is 5.92 Å². The van der Waals surface area contributed by atoms with Crippen LogP contribution in [0.2, 0.25) is 0 Å². The first-order chi connectivity index (χ1) is 22.0. The van der Waals surface area contributed by atoms with Gasteiger partial charge >= 0.3 is 0 Å². The van der Waals surface area contributed by atoms with E-state index in [0.717, 1.165) is 31.2 Å². The second kappa shape index (κ2) is 18.2. The average molecular weight is 644 g/mol. The van der Waals surface area contributed by atoms with Gasteiger partial charge in [-0.3, -0.25) is 33.7 Å². The molecule has 2 heterocycles. The van der Waals surface area contributed by atoms with Crippen molar-refractivity contribution in [2.24, 2.45) is 5.92 Å². The third kappa shape index (κ3) is 11.4. The number of amides is 6. The Labute approximate surface area is 270 Å². The SMILES string of the molecule is CC(C)[C@H]1NC(=O)CN(CC(=O)N2CCCCCC2)CCNC(=O)[C@@H](Cc2ccccc2)NC(=O)[C@H](CO)NC(=O)[C@H](C)NC1=O. The molecule has 1 aromatic rings. The summed E-state index contributed by atoms with van der Waals surface area (Å²) in [5.74, 6) is -3.57. The van der Waals surface area contributed by atoms with E-state index < -0.39 is 60.3 Å². The van der Waals surface area contributed by atoms with Gasteiger partial charge in [-0.05, 0) is 31.2 Å². The van der Waals surface area contributed by atoms with Crippen molar-refractivity contribution in [3.63, 3.8) is 0 Å². The maximum Gasteiger partial charge on any atom is 0.245 e. The summed E-state index contributed by atoms with van der Waals surface area (Å²) >= 11 is 0. The topological polar surface area (TPSA) is 189 Å². The number of carbonyl (C=O) groups excluding carboxylic acids is 6. The van der Waals surface area contributed by atoms with E-state index in [1.54, 1.807) is 47.9 Å². The molecule has 0 spiro atoms. The number of aliphatic hydroxyl groups is 1. The minimum atomic E-state index is -1.39. The molecule has 4 atom stereocenters. The fraction of sp³-hybridized carbons (Fsp3) is 0.625. The van der Waals surface area contributed by atoms with Crippen LogP contribution in [0.5, 0.6) is 0 Å². The van der Waals surface area contributed by atoms with Crippen LogP contribution in [0.3, 0.4) is 0 Å². The summed E-state index contributed by atoms with van der Waals surface area (Å²) in [5.41, 5.74) is 0.770. The lowest BCUT2D eigenvalue weighted by molar-refractivity contribution is -0.136. The highest BCUT2D eigenvalue weighted by Crippen LogP contribution is 2.11. The van der Waals surface area contributed by atoms with Crippen LogP contribution in [0.4, 0.5) is 0 Å². The van der Waals surface area contributed by atoms with Crippen LogP contribution in [0.1, 0.15) is 52.0 Å². The number of hydrogen-bond acceptors (Lipinski definition) is 8. The van der Waals surface area contributed by atoms with Gasteiger partial charge in [0.1, 0.15) is 24.2 Å². The molecule has 1 aromatic carbocycles. The molecule has 2 aliphatic rings. The lowest BCUT2D eigenvalue weighted by Crippen LogP contribution is -2.60. The van der Waals surface area contributed by atoms with Crippen LogP contribution in [0.15, 0.2) is 30.3 Å². The standard InChI is InChI=1S/C32H49N7O7/c1-21(2)28-32(46)34-22(3)29(43)36-25(20-40)31(45)35-24(17-23-11-7-6-8-12-23)30(44)33-13-16-38(18-26(41)37-28)19-27(42)39-14-9-4-5-10-15-39/h6-8,11-12,21-22,24-25,28,40H,4-5,9-10,13-20H2,1-3H3,(H,33,44)(H,34,46)(H,35,45)(H,36,43)(H,37,41)/t22-,24+,25-,28+/m0/s1. The lowest BCUT2D eigenvalue weighted by Gasteiger charge is -2.29. The zero-order chi connectivity index (χ0) is 33.6. The summed E-state index contributed by atoms with van der Waals surface area (Å²) < 4.78 is 0. The molecular formula is C32H49N7O7. The summed E-state index contributed by atoms with van der Waals surface area (Å²) in [6.07, 6.45) is 4.07. The van der Waals surface area contributed by atoms with Crippen LogP contribution in [0.25, 0.3) is 0 Å². The van der Waals surface area contributed by atoms with Gasteiger partial charge < -0.3 is 36.6 Å². The number of rotatable bonds is 6. The quantitative estimate of drug-likeness (QED) is 0.220. The van der Waals surface area contributed by atoms with Crippen molar-refractivity contribution in [3.05, 3.63) is 35.9 Å². The molecule has 6 amide bonds. The van der Waals surface area contributed by atoms with Gasteiger partial charge in [0.15, 0.2) is 0 Å². The predicted octanol–water partition coefficient (Wildman–Crippen LogP) is -1.33. The molecule has 2 saturated heterocycles. The number of aliphatic hydroxyl groups excluding tert-OH is 1. The zero-order valence-corrected chi connectivity index (χ0v) is 27.0. The van der Waals surface area contributed by atoms with Crippen molar-refractivity contribution in [1.82, 2.24) is 36.4 Å². The molecule has 3 rings (SSSR count). The van der Waals surface area contributed by atoms with Crippen LogP contribution in [-0.4, -0.2) is 120 Å². The molecule has 254 valence electrons. The van der Waals surface area contributed by atoms with Gasteiger partial charge in [0.25, 0.3) is 0 Å². The van der Waals surface area contributed by atoms with E-state index in [-0.39, 0.29) is 44.4 Å². The smallest absolute Gasteiger partial charge is 0.245 e. The minimum Gasteiger partial charge on any atom is -0.394 e. The summed E-state index contributed by atoms with van der Waals surface area (Å²) in [4.78, 5) is 82.6. The van der Waals surface area contributed by atoms with Gasteiger partial charge in [-0.1, -0.05) is 57.0 Å². The second-order valence-electron chi connectivity index (χ2n) is 12.3. The van der Waals surface area contributed by atoms with E-state index in [1.807, 2.05) is 6.07 Å². The number of likely N-dealkylation sites (tertiary alicyclic amines) is 1. The van der Waals surface area contributed by atoms with E-state index in [9.17, 15) is 33.9 Å². The van der Waals surface area contributed by atoms with E-state index in [4.69, 9.17) is 0 Å². The summed E-state index contributed by atoms with van der Waals surface area (Å²) in [6.45, 7) is 5.40. The summed E-state index contributed by atoms with van der Waals surface area (Å²) in [5, 5.41) is 23.1. The number of nitrogens with one attached hydrogen (secondary N) is 5. The zero-order valence-electron chi connectivity index (χ0n) is 27.0. The summed E-state index contributed by atoms with van der Waals surface area (Å²) in [6, 6.07) is 4.49. The highest BCUT2D eigenvalue weighted by atomic mass is 16.3. The Morgan fingerprint density at radius 2 is 1.48 bits per heavy atom. The van der Waals surface area contributed by atoms with Crippen molar-refractivity contribution in [2.45, 2.75) is 77.0 Å². The predicted molar refractivity (Wildman–Crippen MR) is 170 cm³/mol. The van der Waals surface area contributed by atoms with Gasteiger partial charge in [0.05, 0.1) is 19.7 Å². The maximum absolute atomic E-state index is 13.4. The number of benzene rings is 1. The third-order valence-electron chi connectivity index (χ3n) is 8.16. The molecule has 0 aromatic heterocycles. The number of carbonyl (C=O) groups is 6. The van der Waals surface area contributed by atoms with E-state index >= 15 is 0 Å². The Kier molecular flexibility index (Phi) is 14.4. The van der Waals surface area contributed by atoms with E-state index in [2.05, 4.69) is 26.6 Å². The molecule has 0 aliphatic carbocycles. The normalized spacial score (nSPS) is 25.2. The van der Waals surface area contributed by atoms with Crippen molar-refractivity contribution in [3.8, 4) is 0 Å². The highest BCUT2D eigenvalue weighted by molar-refractivity contribution is 5.95. The Hall–Kier alpha value is -4.04. The first-order valence-electron chi connectivity index (χ1n) is 16.1. The molecule has 0 unspecified atom stereocenters. The fourth-order valence-electron chi connectivity index (χ4n) is 5.43. The van der Waals surface area contributed by atoms with Gasteiger partial charge in [0, 0.05) is 32.6 Å². The maximum atomic E-state index is 13.4. The first kappa shape index (κ1) is 36.4. The Balaban J connectivity index is 1.87. The minimum absolute atomic E-state index is 0.0542. The van der Waals surface area contributed by atoms with E-state index in [0.29, 0.717) is 13.1 Å². The molecule has 0 radical (unpaired) electrons. The van der Waals surface area contributed by atoms with Crippen molar-refractivity contribution in [1.29, 1.82) is 0 Å². The molecule has 0 bridgehead atoms. The van der Waals surface area contributed by atoms with Gasteiger partial charge in [-0.15, -0.1) is 0 Å². The Morgan fingerprint density at radius 3 is 2.11 bits per heavy atom. The number of hydrogen-bond donors (Lipinski definition) is 6. The Bertz CT molecular complexity index is 1200. The van der Waals surface area contributed by atoms with Gasteiger partial charge in [-0.2, -0.15) is 0 Å². The van der Waals surface area contributed by atoms with Gasteiger partial charge in [-0.25, -0.2) is 0 Å². The molecule has 6 N–H and O–H groups in total. The van der Waals surface area contributed by atoms with Crippen molar-refractivity contribution >= 4 is 35.4 Å². The first-order valence-corrected chi connectivity index (χ1v) is 16.1. The lowest BCUT2D eigenvalue weighted by atomic mass is 10.0. The van der Waals surface area contributed by atoms with Crippen LogP contribution >= 0.6 is 0 Å². The fourth-order valence-corrected chi connectivity index (χ4v) is 5.43. The Morgan fingerprint density at radius 1 is 0.826 bits per heavy atom. The van der Waals surface area contributed by atoms with Crippen molar-refractivity contribution in [2.75, 3.05) is 45.9 Å². The molecule has 0 saturated carbocycles. The van der Waals surface area contributed by atoms with Crippen LogP contribution < -0.4 is 26.6 Å². The largest absolute Gasteiger partial charge is 0.394 e. The van der Waals surface area contributed by atoms with E-state index in [1.165, 1.54) is 6.92 Å². The number of nitrogens with zero attached hydrogens (tertiary/aromatic N) is 2. The summed E-state index contributed by atoms with van der Waals surface area (Å²) in [7, 11) is 0. The van der Waals surface area contributed by atoms with Crippen molar-refractivity contribution < 1.29 is 33.9 Å². The molecule has 2 fully saturated rings. The second-order valence-corrected chi connectivity index (χ2v) is 12.3.